The maximum Gasteiger partial charge on any atom is 0.0991 e. The van der Waals surface area contributed by atoms with Crippen LogP contribution < -0.4 is 5.73 Å². The Morgan fingerprint density at radius 1 is 1.24 bits per heavy atom. The van der Waals surface area contributed by atoms with Crippen LogP contribution in [0.3, 0.4) is 0 Å². The van der Waals surface area contributed by atoms with Crippen molar-refractivity contribution in [3.63, 3.8) is 0 Å². The van der Waals surface area contributed by atoms with Crippen LogP contribution in [0.5, 0.6) is 0 Å². The lowest BCUT2D eigenvalue weighted by molar-refractivity contribution is 0.183. The summed E-state index contributed by atoms with van der Waals surface area (Å²) in [6.07, 6.45) is 5.57. The van der Waals surface area contributed by atoms with Crippen molar-refractivity contribution in [2.24, 2.45) is 11.1 Å². The third-order valence-corrected chi connectivity index (χ3v) is 3.80. The third-order valence-electron chi connectivity index (χ3n) is 3.80. The molecule has 2 rings (SSSR count). The van der Waals surface area contributed by atoms with E-state index < -0.39 is 0 Å². The van der Waals surface area contributed by atoms with E-state index in [0.717, 1.165) is 25.3 Å². The van der Waals surface area contributed by atoms with Crippen LogP contribution in [0.4, 0.5) is 0 Å². The SMILES string of the molecule is CCN(Cc1ccc(-n2ccnc2)cc1)CC(C)(C)CN. The lowest BCUT2D eigenvalue weighted by atomic mass is 9.93. The molecule has 1 aromatic heterocycles. The molecule has 1 aromatic carbocycles. The first-order valence-electron chi connectivity index (χ1n) is 7.54. The van der Waals surface area contributed by atoms with Gasteiger partial charge in [-0.05, 0) is 36.2 Å². The van der Waals surface area contributed by atoms with Crippen molar-refractivity contribution in [3.05, 3.63) is 48.5 Å². The van der Waals surface area contributed by atoms with E-state index in [4.69, 9.17) is 5.73 Å². The van der Waals surface area contributed by atoms with Crippen LogP contribution in [0.15, 0.2) is 43.0 Å². The Hall–Kier alpha value is -1.65. The highest BCUT2D eigenvalue weighted by Gasteiger charge is 2.19. The zero-order chi connectivity index (χ0) is 15.3. The predicted octanol–water partition coefficient (Wildman–Crippen LogP) is 2.68. The van der Waals surface area contributed by atoms with Crippen LogP contribution in [0.25, 0.3) is 5.69 Å². The van der Waals surface area contributed by atoms with E-state index in [-0.39, 0.29) is 5.41 Å². The lowest BCUT2D eigenvalue weighted by Crippen LogP contribution is -2.38. The molecule has 21 heavy (non-hydrogen) atoms. The van der Waals surface area contributed by atoms with Crippen LogP contribution in [0, 0.1) is 5.41 Å². The normalized spacial score (nSPS) is 12.0. The summed E-state index contributed by atoms with van der Waals surface area (Å²) in [6, 6.07) is 8.65. The lowest BCUT2D eigenvalue weighted by Gasteiger charge is -2.31. The van der Waals surface area contributed by atoms with E-state index in [2.05, 4.69) is 54.9 Å². The van der Waals surface area contributed by atoms with Crippen LogP contribution in [-0.2, 0) is 6.54 Å². The van der Waals surface area contributed by atoms with Crippen LogP contribution in [0.2, 0.25) is 0 Å². The highest BCUT2D eigenvalue weighted by molar-refractivity contribution is 5.34. The van der Waals surface area contributed by atoms with Crippen LogP contribution in [0.1, 0.15) is 26.3 Å². The molecule has 0 saturated heterocycles. The average Bonchev–Trinajstić information content (AvgIpc) is 3.01. The molecule has 0 aliphatic rings. The minimum atomic E-state index is 0.159. The first-order valence-corrected chi connectivity index (χ1v) is 7.54. The predicted molar refractivity (Wildman–Crippen MR) is 87.4 cm³/mol. The van der Waals surface area contributed by atoms with Crippen molar-refractivity contribution < 1.29 is 0 Å². The second-order valence-corrected chi connectivity index (χ2v) is 6.31. The second-order valence-electron chi connectivity index (χ2n) is 6.31. The monoisotopic (exact) mass is 286 g/mol. The molecule has 0 fully saturated rings. The zero-order valence-corrected chi connectivity index (χ0v) is 13.3. The number of nitrogens with zero attached hydrogens (tertiary/aromatic N) is 3. The smallest absolute Gasteiger partial charge is 0.0991 e. The quantitative estimate of drug-likeness (QED) is 0.851. The Bertz CT molecular complexity index is 528. The first kappa shape index (κ1) is 15.7. The fourth-order valence-electron chi connectivity index (χ4n) is 2.39. The third kappa shape index (κ3) is 4.41. The summed E-state index contributed by atoms with van der Waals surface area (Å²) in [5, 5.41) is 0. The van der Waals surface area contributed by atoms with Crippen LogP contribution >= 0.6 is 0 Å². The summed E-state index contributed by atoms with van der Waals surface area (Å²) < 4.78 is 2.01. The molecule has 0 amide bonds. The van der Waals surface area contributed by atoms with Gasteiger partial charge in [-0.3, -0.25) is 4.90 Å². The summed E-state index contributed by atoms with van der Waals surface area (Å²) >= 11 is 0. The van der Waals surface area contributed by atoms with E-state index >= 15 is 0 Å². The van der Waals surface area contributed by atoms with Gasteiger partial charge in [0.2, 0.25) is 0 Å². The minimum absolute atomic E-state index is 0.159. The number of rotatable bonds is 7. The summed E-state index contributed by atoms with van der Waals surface area (Å²) in [5.41, 5.74) is 8.47. The Kier molecular flexibility index (Phi) is 5.15. The van der Waals surface area contributed by atoms with Gasteiger partial charge in [0.15, 0.2) is 0 Å². The molecule has 0 atom stereocenters. The highest BCUT2D eigenvalue weighted by Crippen LogP contribution is 2.17. The van der Waals surface area contributed by atoms with E-state index in [1.165, 1.54) is 5.56 Å². The van der Waals surface area contributed by atoms with Gasteiger partial charge in [0.25, 0.3) is 0 Å². The summed E-state index contributed by atoms with van der Waals surface area (Å²) in [5.74, 6) is 0. The molecule has 0 radical (unpaired) electrons. The van der Waals surface area contributed by atoms with Gasteiger partial charge in [-0.15, -0.1) is 0 Å². The summed E-state index contributed by atoms with van der Waals surface area (Å²) in [7, 11) is 0. The van der Waals surface area contributed by atoms with Gasteiger partial charge in [-0.25, -0.2) is 4.98 Å². The first-order chi connectivity index (χ1) is 10.0. The Balaban J connectivity index is 2.01. The standard InChI is InChI=1S/C17H26N4/c1-4-20(13-17(2,3)12-18)11-15-5-7-16(8-6-15)21-10-9-19-14-21/h5-10,14H,4,11-13,18H2,1-3H3. The van der Waals surface area contributed by atoms with Crippen molar-refractivity contribution in [3.8, 4) is 5.69 Å². The second kappa shape index (κ2) is 6.87. The van der Waals surface area contributed by atoms with Gasteiger partial charge in [-0.1, -0.05) is 32.9 Å². The van der Waals surface area contributed by atoms with Crippen molar-refractivity contribution in [1.82, 2.24) is 14.5 Å². The van der Waals surface area contributed by atoms with Gasteiger partial charge in [-0.2, -0.15) is 0 Å². The summed E-state index contributed by atoms with van der Waals surface area (Å²) in [6.45, 7) is 10.4. The van der Waals surface area contributed by atoms with Gasteiger partial charge in [0.05, 0.1) is 6.33 Å². The molecular weight excluding hydrogens is 260 g/mol. The Labute approximate surface area is 127 Å². The van der Waals surface area contributed by atoms with E-state index in [0.29, 0.717) is 6.54 Å². The largest absolute Gasteiger partial charge is 0.330 e. The number of hydrogen-bond acceptors (Lipinski definition) is 3. The molecule has 114 valence electrons. The fraction of sp³-hybridized carbons (Fsp3) is 0.471. The van der Waals surface area contributed by atoms with Crippen molar-refractivity contribution in [2.75, 3.05) is 19.6 Å². The van der Waals surface area contributed by atoms with E-state index in [1.54, 1.807) is 6.20 Å². The number of imidazole rings is 1. The molecule has 0 spiro atoms. The van der Waals surface area contributed by atoms with Crippen LogP contribution in [-0.4, -0.2) is 34.1 Å². The molecule has 0 bridgehead atoms. The van der Waals surface area contributed by atoms with Crippen molar-refractivity contribution in [2.45, 2.75) is 27.3 Å². The van der Waals surface area contributed by atoms with Gasteiger partial charge >= 0.3 is 0 Å². The molecule has 0 aliphatic carbocycles. The molecular formula is C17H26N4. The number of nitrogens with two attached hydrogens (primary N) is 1. The number of benzene rings is 1. The van der Waals surface area contributed by atoms with Gasteiger partial charge in [0.1, 0.15) is 0 Å². The maximum absolute atomic E-state index is 5.84. The molecule has 4 nitrogen and oxygen atoms in total. The molecule has 2 aromatic rings. The molecule has 4 heteroatoms. The van der Waals surface area contributed by atoms with Gasteiger partial charge in [0, 0.05) is 31.2 Å². The fourth-order valence-corrected chi connectivity index (χ4v) is 2.39. The molecule has 0 unspecified atom stereocenters. The summed E-state index contributed by atoms with van der Waals surface area (Å²) in [4.78, 5) is 6.52. The Morgan fingerprint density at radius 3 is 2.48 bits per heavy atom. The highest BCUT2D eigenvalue weighted by atomic mass is 15.1. The topological polar surface area (TPSA) is 47.1 Å². The minimum Gasteiger partial charge on any atom is -0.330 e. The average molecular weight is 286 g/mol. The van der Waals surface area contributed by atoms with Crippen molar-refractivity contribution in [1.29, 1.82) is 0 Å². The maximum atomic E-state index is 5.84. The molecule has 0 saturated carbocycles. The molecule has 2 N–H and O–H groups in total. The molecule has 1 heterocycles. The van der Waals surface area contributed by atoms with E-state index in [9.17, 15) is 0 Å². The Morgan fingerprint density at radius 2 is 1.95 bits per heavy atom. The number of aromatic nitrogens is 2. The zero-order valence-electron chi connectivity index (χ0n) is 13.3. The number of hydrogen-bond donors (Lipinski definition) is 1. The van der Waals surface area contributed by atoms with Gasteiger partial charge < -0.3 is 10.3 Å². The van der Waals surface area contributed by atoms with Crippen molar-refractivity contribution >= 4 is 0 Å². The van der Waals surface area contributed by atoms with E-state index in [1.807, 2.05) is 17.1 Å². The molecule has 0 aliphatic heterocycles.